The maximum Gasteiger partial charge on any atom is 0.257 e. The lowest BCUT2D eigenvalue weighted by atomic mass is 10.1. The fourth-order valence-electron chi connectivity index (χ4n) is 2.66. The maximum absolute atomic E-state index is 12.4. The van der Waals surface area contributed by atoms with Gasteiger partial charge in [0, 0.05) is 42.9 Å². The van der Waals surface area contributed by atoms with Crippen molar-refractivity contribution in [2.24, 2.45) is 0 Å². The number of rotatable bonds is 6. The zero-order chi connectivity index (χ0) is 19.2. The number of aromatic nitrogens is 3. The van der Waals surface area contributed by atoms with Gasteiger partial charge < -0.3 is 10.2 Å². The van der Waals surface area contributed by atoms with Crippen molar-refractivity contribution >= 4 is 17.5 Å². The molecule has 0 bridgehead atoms. The van der Waals surface area contributed by atoms with Crippen molar-refractivity contribution in [2.75, 3.05) is 18.4 Å². The number of benzene rings is 1. The molecule has 1 N–H and O–H groups in total. The highest BCUT2D eigenvalue weighted by molar-refractivity contribution is 6.04. The largest absolute Gasteiger partial charge is 0.339 e. The molecule has 138 valence electrons. The first-order valence-electron chi connectivity index (χ1n) is 8.77. The molecule has 0 aliphatic carbocycles. The van der Waals surface area contributed by atoms with Gasteiger partial charge in [-0.3, -0.25) is 14.2 Å². The number of anilines is 1. The van der Waals surface area contributed by atoms with Crippen LogP contribution in [-0.4, -0.2) is 44.3 Å². The number of imidazole rings is 1. The standard InChI is InChI=1S/C20H21N5O2/c1-3-24(4-2)20(27)15-5-8-17(9-6-15)23-19(26)16-7-10-18(22-13-16)25-12-11-21-14-25/h5-14H,3-4H2,1-2H3,(H,23,26). The molecule has 0 aliphatic rings. The van der Waals surface area contributed by atoms with Crippen molar-refractivity contribution in [3.8, 4) is 5.82 Å². The Bertz CT molecular complexity index is 899. The number of nitrogens with zero attached hydrogens (tertiary/aromatic N) is 4. The van der Waals surface area contributed by atoms with Crippen LogP contribution in [0, 0.1) is 0 Å². The highest BCUT2D eigenvalue weighted by Gasteiger charge is 2.13. The zero-order valence-electron chi connectivity index (χ0n) is 15.3. The van der Waals surface area contributed by atoms with Gasteiger partial charge in [0.1, 0.15) is 12.1 Å². The summed E-state index contributed by atoms with van der Waals surface area (Å²) in [6.45, 7) is 5.22. The van der Waals surface area contributed by atoms with Crippen LogP contribution in [0.5, 0.6) is 0 Å². The topological polar surface area (TPSA) is 80.1 Å². The Kier molecular flexibility index (Phi) is 5.61. The van der Waals surface area contributed by atoms with E-state index in [-0.39, 0.29) is 11.8 Å². The summed E-state index contributed by atoms with van der Waals surface area (Å²) in [7, 11) is 0. The van der Waals surface area contributed by atoms with Gasteiger partial charge in [-0.05, 0) is 50.2 Å². The fourth-order valence-corrected chi connectivity index (χ4v) is 2.66. The van der Waals surface area contributed by atoms with Gasteiger partial charge in [0.2, 0.25) is 0 Å². The van der Waals surface area contributed by atoms with Crippen LogP contribution in [0.15, 0.2) is 61.3 Å². The second kappa shape index (κ2) is 8.27. The summed E-state index contributed by atoms with van der Waals surface area (Å²) in [5, 5.41) is 2.81. The van der Waals surface area contributed by atoms with Crippen LogP contribution in [0.4, 0.5) is 5.69 Å². The van der Waals surface area contributed by atoms with Crippen LogP contribution in [0.3, 0.4) is 0 Å². The van der Waals surface area contributed by atoms with Gasteiger partial charge in [-0.25, -0.2) is 9.97 Å². The summed E-state index contributed by atoms with van der Waals surface area (Å²) < 4.78 is 1.76. The van der Waals surface area contributed by atoms with E-state index >= 15 is 0 Å². The first kappa shape index (κ1) is 18.3. The number of hydrogen-bond acceptors (Lipinski definition) is 4. The molecule has 2 aromatic heterocycles. The number of hydrogen-bond donors (Lipinski definition) is 1. The second-order valence-corrected chi connectivity index (χ2v) is 5.88. The third-order valence-corrected chi connectivity index (χ3v) is 4.22. The average molecular weight is 363 g/mol. The number of carbonyl (C=O) groups excluding carboxylic acids is 2. The highest BCUT2D eigenvalue weighted by Crippen LogP contribution is 2.14. The lowest BCUT2D eigenvalue weighted by molar-refractivity contribution is 0.0773. The van der Waals surface area contributed by atoms with Crippen LogP contribution >= 0.6 is 0 Å². The predicted octanol–water partition coefficient (Wildman–Crippen LogP) is 3.00. The van der Waals surface area contributed by atoms with Crippen LogP contribution in [-0.2, 0) is 0 Å². The van der Waals surface area contributed by atoms with Crippen LogP contribution in [0.1, 0.15) is 34.6 Å². The van der Waals surface area contributed by atoms with E-state index in [0.717, 1.165) is 0 Å². The number of nitrogens with one attached hydrogen (secondary N) is 1. The molecular weight excluding hydrogens is 342 g/mol. The molecule has 0 atom stereocenters. The Morgan fingerprint density at radius 3 is 2.30 bits per heavy atom. The molecule has 27 heavy (non-hydrogen) atoms. The van der Waals surface area contributed by atoms with E-state index in [1.165, 1.54) is 6.20 Å². The normalized spacial score (nSPS) is 10.4. The molecule has 0 aliphatic heterocycles. The van der Waals surface area contributed by atoms with Crippen molar-refractivity contribution in [1.82, 2.24) is 19.4 Å². The van der Waals surface area contributed by atoms with E-state index < -0.39 is 0 Å². The lowest BCUT2D eigenvalue weighted by Crippen LogP contribution is -2.30. The van der Waals surface area contributed by atoms with Crippen molar-refractivity contribution in [3.63, 3.8) is 0 Å². The molecule has 3 aromatic rings. The van der Waals surface area contributed by atoms with E-state index in [2.05, 4.69) is 15.3 Å². The lowest BCUT2D eigenvalue weighted by Gasteiger charge is -2.18. The predicted molar refractivity (Wildman–Crippen MR) is 103 cm³/mol. The van der Waals surface area contributed by atoms with Crippen molar-refractivity contribution in [2.45, 2.75) is 13.8 Å². The smallest absolute Gasteiger partial charge is 0.257 e. The molecule has 0 fully saturated rings. The minimum atomic E-state index is -0.262. The quantitative estimate of drug-likeness (QED) is 0.730. The minimum Gasteiger partial charge on any atom is -0.339 e. The summed E-state index contributed by atoms with van der Waals surface area (Å²) in [4.78, 5) is 34.7. The van der Waals surface area contributed by atoms with Gasteiger partial charge in [-0.2, -0.15) is 0 Å². The maximum atomic E-state index is 12.4. The van der Waals surface area contributed by atoms with Crippen molar-refractivity contribution in [1.29, 1.82) is 0 Å². The number of pyridine rings is 1. The van der Waals surface area contributed by atoms with Gasteiger partial charge in [-0.1, -0.05) is 0 Å². The number of amides is 2. The van der Waals surface area contributed by atoms with Gasteiger partial charge in [-0.15, -0.1) is 0 Å². The minimum absolute atomic E-state index is 0.0165. The fraction of sp³-hybridized carbons (Fsp3) is 0.200. The van der Waals surface area contributed by atoms with Gasteiger partial charge in [0.25, 0.3) is 11.8 Å². The molecule has 0 spiro atoms. The van der Waals surface area contributed by atoms with Gasteiger partial charge in [0.05, 0.1) is 5.56 Å². The Morgan fingerprint density at radius 1 is 1.04 bits per heavy atom. The Hall–Kier alpha value is -3.48. The summed E-state index contributed by atoms with van der Waals surface area (Å²) in [6.07, 6.45) is 6.60. The van der Waals surface area contributed by atoms with E-state index in [4.69, 9.17) is 0 Å². The number of carbonyl (C=O) groups is 2. The summed E-state index contributed by atoms with van der Waals surface area (Å²) in [5.74, 6) is 0.406. The molecular formula is C20H21N5O2. The van der Waals surface area contributed by atoms with E-state index in [1.54, 1.807) is 64.6 Å². The van der Waals surface area contributed by atoms with Crippen LogP contribution in [0.2, 0.25) is 0 Å². The summed E-state index contributed by atoms with van der Waals surface area (Å²) >= 11 is 0. The molecule has 0 saturated heterocycles. The molecule has 7 heteroatoms. The van der Waals surface area contributed by atoms with Crippen molar-refractivity contribution in [3.05, 3.63) is 72.4 Å². The Labute approximate surface area is 157 Å². The molecule has 2 amide bonds. The molecule has 3 rings (SSSR count). The third kappa shape index (κ3) is 4.20. The summed E-state index contributed by atoms with van der Waals surface area (Å²) in [6, 6.07) is 10.3. The van der Waals surface area contributed by atoms with E-state index in [0.29, 0.717) is 35.7 Å². The first-order chi connectivity index (χ1) is 13.1. The van der Waals surface area contributed by atoms with Gasteiger partial charge >= 0.3 is 0 Å². The molecule has 0 radical (unpaired) electrons. The average Bonchev–Trinajstić information content (AvgIpc) is 3.24. The van der Waals surface area contributed by atoms with Crippen LogP contribution < -0.4 is 5.32 Å². The second-order valence-electron chi connectivity index (χ2n) is 5.88. The Morgan fingerprint density at radius 2 is 1.74 bits per heavy atom. The van der Waals surface area contributed by atoms with Gasteiger partial charge in [0.15, 0.2) is 0 Å². The zero-order valence-corrected chi connectivity index (χ0v) is 15.3. The first-order valence-corrected chi connectivity index (χ1v) is 8.77. The Balaban J connectivity index is 1.66. The molecule has 1 aromatic carbocycles. The van der Waals surface area contributed by atoms with Crippen molar-refractivity contribution < 1.29 is 9.59 Å². The van der Waals surface area contributed by atoms with Crippen LogP contribution in [0.25, 0.3) is 5.82 Å². The highest BCUT2D eigenvalue weighted by atomic mass is 16.2. The molecule has 7 nitrogen and oxygen atoms in total. The van der Waals surface area contributed by atoms with E-state index in [1.807, 2.05) is 13.8 Å². The monoisotopic (exact) mass is 363 g/mol. The summed E-state index contributed by atoms with van der Waals surface area (Å²) in [5.41, 5.74) is 1.67. The SMILES string of the molecule is CCN(CC)C(=O)c1ccc(NC(=O)c2ccc(-n3ccnc3)nc2)cc1. The van der Waals surface area contributed by atoms with E-state index in [9.17, 15) is 9.59 Å². The third-order valence-electron chi connectivity index (χ3n) is 4.22. The molecule has 2 heterocycles. The molecule has 0 saturated carbocycles. The molecule has 0 unspecified atom stereocenters.